The van der Waals surface area contributed by atoms with Gasteiger partial charge in [0.05, 0.1) is 28.9 Å². The van der Waals surface area contributed by atoms with Gasteiger partial charge < -0.3 is 9.80 Å². The van der Waals surface area contributed by atoms with Crippen LogP contribution in [0.25, 0.3) is 16.7 Å². The zero-order valence-electron chi connectivity index (χ0n) is 20.0. The van der Waals surface area contributed by atoms with Crippen LogP contribution in [0.1, 0.15) is 65.5 Å². The average Bonchev–Trinajstić information content (AvgIpc) is 3.58. The van der Waals surface area contributed by atoms with E-state index in [2.05, 4.69) is 34.2 Å². The summed E-state index contributed by atoms with van der Waals surface area (Å²) >= 11 is 0. The van der Waals surface area contributed by atoms with Crippen LogP contribution in [0, 0.1) is 13.8 Å². The van der Waals surface area contributed by atoms with Crippen LogP contribution in [0.2, 0.25) is 0 Å². The van der Waals surface area contributed by atoms with E-state index in [1.54, 1.807) is 10.9 Å². The Morgan fingerprint density at radius 1 is 1.03 bits per heavy atom. The summed E-state index contributed by atoms with van der Waals surface area (Å²) in [7, 11) is 1.86. The van der Waals surface area contributed by atoms with Crippen LogP contribution in [-0.4, -0.2) is 59.8 Å². The molecular weight excluding hydrogens is 428 g/mol. The van der Waals surface area contributed by atoms with Gasteiger partial charge in [0.2, 0.25) is 0 Å². The summed E-state index contributed by atoms with van der Waals surface area (Å²) in [4.78, 5) is 27.8. The number of fused-ring (bicyclic) bond motifs is 2. The van der Waals surface area contributed by atoms with Crippen molar-refractivity contribution < 1.29 is 4.79 Å². The van der Waals surface area contributed by atoms with Crippen LogP contribution in [0.3, 0.4) is 0 Å². The molecule has 1 atom stereocenters. The van der Waals surface area contributed by atoms with Crippen LogP contribution in [-0.2, 0) is 7.05 Å². The van der Waals surface area contributed by atoms with Gasteiger partial charge in [-0.15, -0.1) is 0 Å². The fourth-order valence-corrected chi connectivity index (χ4v) is 5.48. The molecule has 0 aliphatic carbocycles. The SMILES string of the molecule is Cc1cc(C(=O)N2CCCC[C@H]2c2cc3nc(N4CCCC4)c(C)cn3n2)c2cnn(C)c2n1. The lowest BCUT2D eigenvalue weighted by atomic mass is 9.97. The lowest BCUT2D eigenvalue weighted by Gasteiger charge is -2.35. The summed E-state index contributed by atoms with van der Waals surface area (Å²) in [5.74, 6) is 1.08. The molecule has 0 radical (unpaired) electrons. The van der Waals surface area contributed by atoms with Crippen molar-refractivity contribution in [1.82, 2.24) is 34.3 Å². The summed E-state index contributed by atoms with van der Waals surface area (Å²) in [5, 5.41) is 10.0. The van der Waals surface area contributed by atoms with Crippen LogP contribution in [0.15, 0.2) is 24.5 Å². The number of carbonyl (C=O) groups is 1. The Balaban J connectivity index is 1.38. The van der Waals surface area contributed by atoms with Gasteiger partial charge in [0, 0.05) is 50.2 Å². The van der Waals surface area contributed by atoms with Gasteiger partial charge in [-0.1, -0.05) is 0 Å². The van der Waals surface area contributed by atoms with Gasteiger partial charge in [-0.2, -0.15) is 10.2 Å². The quantitative estimate of drug-likeness (QED) is 0.466. The first kappa shape index (κ1) is 21.1. The van der Waals surface area contributed by atoms with Crippen molar-refractivity contribution in [3.8, 4) is 0 Å². The highest BCUT2D eigenvalue weighted by Crippen LogP contribution is 2.34. The lowest BCUT2D eigenvalue weighted by molar-refractivity contribution is 0.0607. The Labute approximate surface area is 198 Å². The minimum Gasteiger partial charge on any atom is -0.356 e. The minimum absolute atomic E-state index is 0.0205. The molecule has 6 heterocycles. The van der Waals surface area contributed by atoms with Crippen LogP contribution < -0.4 is 4.90 Å². The number of nitrogens with zero attached hydrogens (tertiary/aromatic N) is 8. The summed E-state index contributed by atoms with van der Waals surface area (Å²) in [6.45, 7) is 6.86. The largest absolute Gasteiger partial charge is 0.356 e. The highest BCUT2D eigenvalue weighted by atomic mass is 16.2. The fourth-order valence-electron chi connectivity index (χ4n) is 5.48. The number of piperidine rings is 1. The normalized spacial score (nSPS) is 19.0. The summed E-state index contributed by atoms with van der Waals surface area (Å²) in [6.07, 6.45) is 9.21. The first-order chi connectivity index (χ1) is 16.5. The molecule has 2 aliphatic heterocycles. The van der Waals surface area contributed by atoms with E-state index in [0.29, 0.717) is 12.1 Å². The van der Waals surface area contributed by atoms with Gasteiger partial charge >= 0.3 is 0 Å². The van der Waals surface area contributed by atoms with Gasteiger partial charge in [-0.05, 0) is 52.0 Å². The lowest BCUT2D eigenvalue weighted by Crippen LogP contribution is -2.38. The number of carbonyl (C=O) groups excluding carboxylic acids is 1. The molecule has 0 unspecified atom stereocenters. The van der Waals surface area contributed by atoms with Crippen molar-refractivity contribution in [2.75, 3.05) is 24.5 Å². The number of anilines is 1. The van der Waals surface area contributed by atoms with E-state index >= 15 is 0 Å². The second-order valence-corrected chi connectivity index (χ2v) is 9.64. The number of pyridine rings is 1. The minimum atomic E-state index is -0.0707. The molecule has 9 nitrogen and oxygen atoms in total. The van der Waals surface area contributed by atoms with Gasteiger partial charge in [-0.3, -0.25) is 9.48 Å². The molecule has 1 amide bonds. The molecule has 4 aromatic heterocycles. The molecule has 0 saturated carbocycles. The number of rotatable bonds is 3. The van der Waals surface area contributed by atoms with Gasteiger partial charge in [0.15, 0.2) is 11.3 Å². The molecule has 6 rings (SSSR count). The Morgan fingerprint density at radius 3 is 2.65 bits per heavy atom. The van der Waals surface area contributed by atoms with Crippen molar-refractivity contribution in [1.29, 1.82) is 0 Å². The molecule has 34 heavy (non-hydrogen) atoms. The van der Waals surface area contributed by atoms with E-state index in [9.17, 15) is 4.79 Å². The van der Waals surface area contributed by atoms with Crippen molar-refractivity contribution in [2.24, 2.45) is 7.05 Å². The topological polar surface area (TPSA) is 84.5 Å². The standard InChI is InChI=1S/C25H30N8O/c1-16-15-33-22(28-23(16)31-9-6-7-10-31)13-20(29-33)21-8-4-5-11-32(21)25(34)18-12-17(2)27-24-19(18)14-26-30(24)3/h12-15,21H,4-11H2,1-3H3/t21-/m0/s1. The molecular formula is C25H30N8O. The van der Waals surface area contributed by atoms with Gasteiger partial charge in [0.1, 0.15) is 5.82 Å². The molecule has 2 saturated heterocycles. The molecule has 4 aromatic rings. The monoisotopic (exact) mass is 458 g/mol. The maximum Gasteiger partial charge on any atom is 0.255 e. The third-order valence-corrected chi connectivity index (χ3v) is 7.20. The third-order valence-electron chi connectivity index (χ3n) is 7.20. The van der Waals surface area contributed by atoms with Gasteiger partial charge in [-0.25, -0.2) is 14.5 Å². The van der Waals surface area contributed by atoms with E-state index in [4.69, 9.17) is 10.1 Å². The maximum absolute atomic E-state index is 13.9. The van der Waals surface area contributed by atoms with E-state index in [1.807, 2.05) is 29.5 Å². The molecule has 2 fully saturated rings. The van der Waals surface area contributed by atoms with Crippen molar-refractivity contribution in [3.05, 3.63) is 47.0 Å². The second-order valence-electron chi connectivity index (χ2n) is 9.64. The fraction of sp³-hybridized carbons (Fsp3) is 0.480. The predicted molar refractivity (Wildman–Crippen MR) is 130 cm³/mol. The highest BCUT2D eigenvalue weighted by molar-refractivity contribution is 6.05. The summed E-state index contributed by atoms with van der Waals surface area (Å²) < 4.78 is 3.60. The Kier molecular flexibility index (Phi) is 5.00. The Hall–Kier alpha value is -3.49. The van der Waals surface area contributed by atoms with Gasteiger partial charge in [0.25, 0.3) is 5.91 Å². The molecule has 0 spiro atoms. The molecule has 0 aromatic carbocycles. The van der Waals surface area contributed by atoms with Crippen molar-refractivity contribution >= 4 is 28.4 Å². The number of aryl methyl sites for hydroxylation is 3. The van der Waals surface area contributed by atoms with E-state index in [0.717, 1.165) is 71.8 Å². The maximum atomic E-state index is 13.9. The summed E-state index contributed by atoms with van der Waals surface area (Å²) in [6, 6.07) is 3.88. The first-order valence-electron chi connectivity index (χ1n) is 12.2. The smallest absolute Gasteiger partial charge is 0.255 e. The molecule has 2 aliphatic rings. The molecule has 9 heteroatoms. The summed E-state index contributed by atoms with van der Waals surface area (Å²) in [5.41, 5.74) is 5.10. The third kappa shape index (κ3) is 3.41. The molecule has 0 N–H and O–H groups in total. The van der Waals surface area contributed by atoms with Crippen LogP contribution >= 0.6 is 0 Å². The Morgan fingerprint density at radius 2 is 1.82 bits per heavy atom. The first-order valence-corrected chi connectivity index (χ1v) is 12.2. The van der Waals surface area contributed by atoms with Crippen LogP contribution in [0.4, 0.5) is 5.82 Å². The highest BCUT2D eigenvalue weighted by Gasteiger charge is 2.32. The zero-order valence-corrected chi connectivity index (χ0v) is 20.0. The zero-order chi connectivity index (χ0) is 23.4. The average molecular weight is 459 g/mol. The van der Waals surface area contributed by atoms with Crippen molar-refractivity contribution in [3.63, 3.8) is 0 Å². The Bertz CT molecular complexity index is 1400. The number of hydrogen-bond acceptors (Lipinski definition) is 6. The predicted octanol–water partition coefficient (Wildman–Crippen LogP) is 3.60. The number of likely N-dealkylation sites (tertiary alicyclic amines) is 1. The number of amides is 1. The van der Waals surface area contributed by atoms with Crippen LogP contribution in [0.5, 0.6) is 0 Å². The second kappa shape index (κ2) is 8.07. The van der Waals surface area contributed by atoms with Crippen molar-refractivity contribution in [2.45, 2.75) is 52.0 Å². The van der Waals surface area contributed by atoms with E-state index < -0.39 is 0 Å². The molecule has 0 bridgehead atoms. The molecule has 176 valence electrons. The van der Waals surface area contributed by atoms with E-state index in [-0.39, 0.29) is 11.9 Å². The van der Waals surface area contributed by atoms with E-state index in [1.165, 1.54) is 12.8 Å². The number of hydrogen-bond donors (Lipinski definition) is 0. The number of aromatic nitrogens is 6.